The van der Waals surface area contributed by atoms with Crippen LogP contribution in [0.2, 0.25) is 0 Å². The molecule has 0 aromatic heterocycles. The van der Waals surface area contributed by atoms with Crippen molar-refractivity contribution in [2.45, 2.75) is 6.42 Å². The summed E-state index contributed by atoms with van der Waals surface area (Å²) in [6.45, 7) is 0. The smallest absolute Gasteiger partial charge is 0.170 e. The van der Waals surface area contributed by atoms with Gasteiger partial charge in [-0.3, -0.25) is 0 Å². The third-order valence-electron chi connectivity index (χ3n) is 1.38. The zero-order valence-electron chi connectivity index (χ0n) is 6.07. The van der Waals surface area contributed by atoms with Gasteiger partial charge >= 0.3 is 0 Å². The Bertz CT molecular complexity index is 249. The molecule has 3 heteroatoms. The first kappa shape index (κ1) is 7.60. The molecule has 3 nitrogen and oxygen atoms in total. The summed E-state index contributed by atoms with van der Waals surface area (Å²) in [5.74, 6) is 0.146. The van der Waals surface area contributed by atoms with E-state index in [0.29, 0.717) is 0 Å². The molecule has 0 unspecified atom stereocenters. The zero-order valence-corrected chi connectivity index (χ0v) is 6.07. The molecule has 0 amide bonds. The first-order valence-electron chi connectivity index (χ1n) is 3.36. The fraction of sp³-hybridized carbons (Fsp3) is 0.125. The van der Waals surface area contributed by atoms with Gasteiger partial charge in [0, 0.05) is 5.57 Å². The Morgan fingerprint density at radius 1 is 1.55 bits per heavy atom. The molecular formula is C8H10N2O. The quantitative estimate of drug-likeness (QED) is 0.255. The van der Waals surface area contributed by atoms with Gasteiger partial charge in [-0.15, -0.1) is 0 Å². The van der Waals surface area contributed by atoms with Crippen LogP contribution in [0, 0.1) is 0 Å². The monoisotopic (exact) mass is 150 g/mol. The molecular weight excluding hydrogens is 140 g/mol. The molecule has 0 atom stereocenters. The van der Waals surface area contributed by atoms with Crippen LogP contribution in [0.4, 0.5) is 0 Å². The molecule has 11 heavy (non-hydrogen) atoms. The maximum Gasteiger partial charge on any atom is 0.170 e. The lowest BCUT2D eigenvalue weighted by Crippen LogP contribution is -2.13. The molecule has 3 N–H and O–H groups in total. The lowest BCUT2D eigenvalue weighted by molar-refractivity contribution is 0.318. The Labute approximate surface area is 65.2 Å². The summed E-state index contributed by atoms with van der Waals surface area (Å²) in [5, 5.41) is 11.2. The SMILES string of the molecule is NC(=NO)C1=CC=CCC=C1. The minimum Gasteiger partial charge on any atom is -0.409 e. The minimum absolute atomic E-state index is 0.146. The Morgan fingerprint density at radius 3 is 3.09 bits per heavy atom. The second-order valence-electron chi connectivity index (χ2n) is 2.17. The van der Waals surface area contributed by atoms with Crippen LogP contribution in [0.15, 0.2) is 41.1 Å². The van der Waals surface area contributed by atoms with Gasteiger partial charge in [-0.2, -0.15) is 0 Å². The average molecular weight is 150 g/mol. The fourth-order valence-electron chi connectivity index (χ4n) is 0.808. The third-order valence-corrected chi connectivity index (χ3v) is 1.38. The van der Waals surface area contributed by atoms with Gasteiger partial charge in [0.15, 0.2) is 5.84 Å². The molecule has 0 aromatic rings. The van der Waals surface area contributed by atoms with Gasteiger partial charge in [0.05, 0.1) is 0 Å². The molecule has 0 saturated carbocycles. The summed E-state index contributed by atoms with van der Waals surface area (Å²) in [6, 6.07) is 0. The first-order chi connectivity index (χ1) is 5.34. The molecule has 0 radical (unpaired) electrons. The molecule has 0 aliphatic heterocycles. The average Bonchev–Trinajstić information content (AvgIpc) is 2.30. The second-order valence-corrected chi connectivity index (χ2v) is 2.17. The van der Waals surface area contributed by atoms with Crippen molar-refractivity contribution < 1.29 is 5.21 Å². The van der Waals surface area contributed by atoms with Crippen LogP contribution < -0.4 is 5.73 Å². The number of oxime groups is 1. The van der Waals surface area contributed by atoms with E-state index in [1.165, 1.54) is 0 Å². The summed E-state index contributed by atoms with van der Waals surface area (Å²) in [6.07, 6.45) is 10.3. The molecule has 0 bridgehead atoms. The van der Waals surface area contributed by atoms with Crippen molar-refractivity contribution in [1.82, 2.24) is 0 Å². The Balaban J connectivity index is 2.85. The summed E-state index contributed by atoms with van der Waals surface area (Å²) >= 11 is 0. The number of nitrogens with two attached hydrogens (primary N) is 1. The van der Waals surface area contributed by atoms with E-state index in [2.05, 4.69) is 5.16 Å². The molecule has 0 saturated heterocycles. The predicted octanol–water partition coefficient (Wildman–Crippen LogP) is 1.18. The van der Waals surface area contributed by atoms with E-state index in [1.807, 2.05) is 24.3 Å². The standard InChI is InChI=1S/C8H10N2O/c9-8(10-11)7-5-3-1-2-4-6-7/h1,3-6,11H,2H2,(H2,9,10). The number of allylic oxidation sites excluding steroid dienone is 4. The number of amidine groups is 1. The highest BCUT2D eigenvalue weighted by molar-refractivity contribution is 5.99. The maximum absolute atomic E-state index is 8.34. The van der Waals surface area contributed by atoms with Crippen LogP contribution in [0.5, 0.6) is 0 Å². The second kappa shape index (κ2) is 3.61. The maximum atomic E-state index is 8.34. The molecule has 58 valence electrons. The molecule has 0 fully saturated rings. The van der Waals surface area contributed by atoms with E-state index in [-0.39, 0.29) is 5.84 Å². The van der Waals surface area contributed by atoms with Crippen molar-refractivity contribution in [2.75, 3.05) is 0 Å². The van der Waals surface area contributed by atoms with E-state index in [0.717, 1.165) is 12.0 Å². The van der Waals surface area contributed by atoms with Crippen LogP contribution in [0.3, 0.4) is 0 Å². The van der Waals surface area contributed by atoms with E-state index in [4.69, 9.17) is 10.9 Å². The first-order valence-corrected chi connectivity index (χ1v) is 3.36. The molecule has 1 aliphatic carbocycles. The molecule has 1 rings (SSSR count). The topological polar surface area (TPSA) is 58.6 Å². The number of hydrogen-bond donors (Lipinski definition) is 2. The van der Waals surface area contributed by atoms with Crippen LogP contribution >= 0.6 is 0 Å². The van der Waals surface area contributed by atoms with E-state index in [9.17, 15) is 0 Å². The van der Waals surface area contributed by atoms with E-state index in [1.54, 1.807) is 6.08 Å². The van der Waals surface area contributed by atoms with Crippen molar-refractivity contribution in [3.8, 4) is 0 Å². The lowest BCUT2D eigenvalue weighted by Gasteiger charge is -1.94. The Morgan fingerprint density at radius 2 is 2.36 bits per heavy atom. The van der Waals surface area contributed by atoms with Gasteiger partial charge in [-0.05, 0) is 6.42 Å². The third kappa shape index (κ3) is 1.97. The van der Waals surface area contributed by atoms with Crippen molar-refractivity contribution in [3.63, 3.8) is 0 Å². The van der Waals surface area contributed by atoms with Crippen molar-refractivity contribution >= 4 is 5.84 Å². The van der Waals surface area contributed by atoms with Crippen molar-refractivity contribution in [3.05, 3.63) is 36.0 Å². The summed E-state index contributed by atoms with van der Waals surface area (Å²) < 4.78 is 0. The normalized spacial score (nSPS) is 17.8. The summed E-state index contributed by atoms with van der Waals surface area (Å²) in [7, 11) is 0. The van der Waals surface area contributed by atoms with Crippen LogP contribution in [0.25, 0.3) is 0 Å². The van der Waals surface area contributed by atoms with Gasteiger partial charge in [0.2, 0.25) is 0 Å². The fourth-order valence-corrected chi connectivity index (χ4v) is 0.808. The Kier molecular flexibility index (Phi) is 2.49. The highest BCUT2D eigenvalue weighted by Gasteiger charge is 1.97. The highest BCUT2D eigenvalue weighted by atomic mass is 16.4. The molecule has 1 aliphatic rings. The minimum atomic E-state index is 0.146. The van der Waals surface area contributed by atoms with Gasteiger partial charge in [-0.1, -0.05) is 35.5 Å². The predicted molar refractivity (Wildman–Crippen MR) is 44.4 cm³/mol. The number of hydrogen-bond acceptors (Lipinski definition) is 2. The molecule has 0 aromatic carbocycles. The molecule has 0 spiro atoms. The van der Waals surface area contributed by atoms with Gasteiger partial charge in [0.1, 0.15) is 0 Å². The molecule has 0 heterocycles. The summed E-state index contributed by atoms with van der Waals surface area (Å²) in [5.41, 5.74) is 6.10. The zero-order chi connectivity index (χ0) is 8.10. The van der Waals surface area contributed by atoms with Crippen LogP contribution in [-0.2, 0) is 0 Å². The largest absolute Gasteiger partial charge is 0.409 e. The van der Waals surface area contributed by atoms with Crippen LogP contribution in [0.1, 0.15) is 6.42 Å². The summed E-state index contributed by atoms with van der Waals surface area (Å²) in [4.78, 5) is 0. The number of nitrogens with zero attached hydrogens (tertiary/aromatic N) is 1. The number of rotatable bonds is 1. The van der Waals surface area contributed by atoms with Crippen molar-refractivity contribution in [1.29, 1.82) is 0 Å². The van der Waals surface area contributed by atoms with E-state index < -0.39 is 0 Å². The van der Waals surface area contributed by atoms with Crippen LogP contribution in [-0.4, -0.2) is 11.0 Å². The highest BCUT2D eigenvalue weighted by Crippen LogP contribution is 2.03. The lowest BCUT2D eigenvalue weighted by atomic mass is 10.2. The van der Waals surface area contributed by atoms with Gasteiger partial charge in [-0.25, -0.2) is 0 Å². The van der Waals surface area contributed by atoms with Crippen molar-refractivity contribution in [2.24, 2.45) is 10.9 Å². The van der Waals surface area contributed by atoms with Gasteiger partial charge < -0.3 is 10.9 Å². The Hall–Kier alpha value is -1.51. The van der Waals surface area contributed by atoms with Gasteiger partial charge in [0.25, 0.3) is 0 Å². The van der Waals surface area contributed by atoms with E-state index >= 15 is 0 Å².